The van der Waals surface area contributed by atoms with E-state index >= 15 is 0 Å². The maximum atomic E-state index is 9.84. The predicted molar refractivity (Wildman–Crippen MR) is 39.6 cm³/mol. The topological polar surface area (TPSA) is 68.3 Å². The summed E-state index contributed by atoms with van der Waals surface area (Å²) in [4.78, 5) is 20.8. The Labute approximate surface area is 66.8 Å². The van der Waals surface area contributed by atoms with Gasteiger partial charge in [-0.25, -0.2) is 4.79 Å². The van der Waals surface area contributed by atoms with E-state index in [1.165, 1.54) is 12.3 Å². The fourth-order valence-electron chi connectivity index (χ4n) is 0.855. The molecule has 0 N–H and O–H groups in total. The van der Waals surface area contributed by atoms with E-state index in [0.717, 1.165) is 0 Å². The first-order chi connectivity index (χ1) is 5.90. The third-order valence-corrected chi connectivity index (χ3v) is 1.32. The molecule has 0 aliphatic carbocycles. The van der Waals surface area contributed by atoms with Gasteiger partial charge in [0.2, 0.25) is 6.08 Å². The molecule has 0 saturated carbocycles. The monoisotopic (exact) mass is 161 g/mol. The Balaban J connectivity index is 2.69. The quantitative estimate of drug-likeness (QED) is 0.465. The molecule has 58 valence electrons. The van der Waals surface area contributed by atoms with Gasteiger partial charge in [-0.3, -0.25) is 4.98 Å². The highest BCUT2D eigenvalue weighted by Crippen LogP contribution is 2.18. The number of oxazole rings is 1. The van der Waals surface area contributed by atoms with E-state index in [2.05, 4.69) is 15.0 Å². The summed E-state index contributed by atoms with van der Waals surface area (Å²) in [7, 11) is 0. The van der Waals surface area contributed by atoms with Crippen LogP contribution in [0.15, 0.2) is 27.9 Å². The van der Waals surface area contributed by atoms with Gasteiger partial charge in [-0.2, -0.15) is 4.98 Å². The van der Waals surface area contributed by atoms with Crippen LogP contribution in [0.3, 0.4) is 0 Å². The van der Waals surface area contributed by atoms with Crippen LogP contribution in [0, 0.1) is 0 Å². The molecule has 0 fully saturated rings. The maximum absolute atomic E-state index is 9.84. The van der Waals surface area contributed by atoms with Crippen molar-refractivity contribution in [2.24, 2.45) is 4.99 Å². The molecule has 0 amide bonds. The summed E-state index contributed by atoms with van der Waals surface area (Å²) in [5.41, 5.74) is 1.13. The van der Waals surface area contributed by atoms with E-state index in [-0.39, 0.29) is 6.01 Å². The first kappa shape index (κ1) is 6.69. The molecular formula is C7H3N3O2. The van der Waals surface area contributed by atoms with Crippen molar-refractivity contribution in [3.63, 3.8) is 0 Å². The third-order valence-electron chi connectivity index (χ3n) is 1.32. The summed E-state index contributed by atoms with van der Waals surface area (Å²) in [6.45, 7) is 0. The summed E-state index contributed by atoms with van der Waals surface area (Å²) < 4.78 is 5.01. The average molecular weight is 161 g/mol. The van der Waals surface area contributed by atoms with Crippen LogP contribution in [0.5, 0.6) is 0 Å². The Morgan fingerprint density at radius 1 is 1.58 bits per heavy atom. The molecule has 0 bridgehead atoms. The number of hydrogen-bond donors (Lipinski definition) is 0. The van der Waals surface area contributed by atoms with Gasteiger partial charge in [-0.05, 0) is 6.07 Å². The Kier molecular flexibility index (Phi) is 1.43. The zero-order valence-corrected chi connectivity index (χ0v) is 5.89. The number of aliphatic imine (C=N–C) groups is 1. The standard InChI is InChI=1S/C7H3N3O2/c11-4-9-7-10-5-1-2-8-3-6(5)12-7/h1-3H. The molecule has 0 aromatic carbocycles. The molecule has 2 heterocycles. The minimum atomic E-state index is 0.00741. The molecule has 2 rings (SSSR count). The van der Waals surface area contributed by atoms with Gasteiger partial charge in [0.1, 0.15) is 5.52 Å². The van der Waals surface area contributed by atoms with Gasteiger partial charge in [0.15, 0.2) is 5.58 Å². The molecule has 2 aromatic rings. The van der Waals surface area contributed by atoms with E-state index < -0.39 is 0 Å². The van der Waals surface area contributed by atoms with Crippen LogP contribution in [0.1, 0.15) is 0 Å². The van der Waals surface area contributed by atoms with Crippen molar-refractivity contribution in [3.05, 3.63) is 18.5 Å². The summed E-state index contributed by atoms with van der Waals surface area (Å²) in [5, 5.41) is 0. The molecule has 0 saturated heterocycles. The largest absolute Gasteiger partial charge is 0.420 e. The van der Waals surface area contributed by atoms with Crippen LogP contribution >= 0.6 is 0 Å². The van der Waals surface area contributed by atoms with E-state index in [1.807, 2.05) is 0 Å². The average Bonchev–Trinajstić information content (AvgIpc) is 2.47. The Bertz CT molecular complexity index is 423. The van der Waals surface area contributed by atoms with Gasteiger partial charge in [0.25, 0.3) is 0 Å². The van der Waals surface area contributed by atoms with Gasteiger partial charge >= 0.3 is 6.01 Å². The zero-order valence-electron chi connectivity index (χ0n) is 5.89. The number of nitrogens with zero attached hydrogens (tertiary/aromatic N) is 3. The highest BCUT2D eigenvalue weighted by molar-refractivity contribution is 5.72. The van der Waals surface area contributed by atoms with Crippen LogP contribution in [-0.2, 0) is 4.79 Å². The molecule has 5 nitrogen and oxygen atoms in total. The summed E-state index contributed by atoms with van der Waals surface area (Å²) >= 11 is 0. The SMILES string of the molecule is O=C=Nc1nc2ccncc2o1. The Morgan fingerprint density at radius 2 is 2.50 bits per heavy atom. The lowest BCUT2D eigenvalue weighted by molar-refractivity contribution is 0.560. The van der Waals surface area contributed by atoms with Gasteiger partial charge < -0.3 is 4.42 Å². The van der Waals surface area contributed by atoms with Crippen molar-refractivity contribution >= 4 is 23.2 Å². The second-order valence-electron chi connectivity index (χ2n) is 2.04. The van der Waals surface area contributed by atoms with Crippen molar-refractivity contribution in [1.29, 1.82) is 0 Å². The first-order valence-corrected chi connectivity index (χ1v) is 3.18. The van der Waals surface area contributed by atoms with Crippen LogP contribution in [-0.4, -0.2) is 16.0 Å². The van der Waals surface area contributed by atoms with E-state index in [4.69, 9.17) is 4.42 Å². The van der Waals surface area contributed by atoms with E-state index in [1.54, 1.807) is 12.3 Å². The predicted octanol–water partition coefficient (Wildman–Crippen LogP) is 1.19. The lowest BCUT2D eigenvalue weighted by atomic mass is 10.4. The fraction of sp³-hybridized carbons (Fsp3) is 0. The Morgan fingerprint density at radius 3 is 3.25 bits per heavy atom. The number of pyridine rings is 1. The molecule has 2 aromatic heterocycles. The van der Waals surface area contributed by atoms with Crippen molar-refractivity contribution in [1.82, 2.24) is 9.97 Å². The van der Waals surface area contributed by atoms with Crippen molar-refractivity contribution in [2.75, 3.05) is 0 Å². The van der Waals surface area contributed by atoms with Crippen molar-refractivity contribution in [3.8, 4) is 0 Å². The molecule has 0 spiro atoms. The molecule has 0 unspecified atom stereocenters. The van der Waals surface area contributed by atoms with E-state index in [9.17, 15) is 4.79 Å². The number of carbonyl (C=O) groups excluding carboxylic acids is 1. The molecule has 0 aliphatic rings. The minimum absolute atomic E-state index is 0.00741. The number of aromatic nitrogens is 2. The van der Waals surface area contributed by atoms with Crippen molar-refractivity contribution in [2.45, 2.75) is 0 Å². The molecular weight excluding hydrogens is 158 g/mol. The molecule has 0 radical (unpaired) electrons. The lowest BCUT2D eigenvalue weighted by Gasteiger charge is -1.78. The van der Waals surface area contributed by atoms with Crippen molar-refractivity contribution < 1.29 is 9.21 Å². The summed E-state index contributed by atoms with van der Waals surface area (Å²) in [6, 6.07) is 1.68. The van der Waals surface area contributed by atoms with Gasteiger partial charge in [-0.15, -0.1) is 4.99 Å². The normalized spacial score (nSPS) is 9.67. The molecule has 0 atom stereocenters. The molecule has 12 heavy (non-hydrogen) atoms. The van der Waals surface area contributed by atoms with Crippen LogP contribution < -0.4 is 0 Å². The number of isocyanates is 1. The molecule has 5 heteroatoms. The third kappa shape index (κ3) is 0.980. The second-order valence-corrected chi connectivity index (χ2v) is 2.04. The smallest absolute Gasteiger partial charge is 0.333 e. The highest BCUT2D eigenvalue weighted by Gasteiger charge is 2.02. The van der Waals surface area contributed by atoms with Gasteiger partial charge in [0, 0.05) is 6.20 Å². The highest BCUT2D eigenvalue weighted by atomic mass is 16.4. The first-order valence-electron chi connectivity index (χ1n) is 3.18. The fourth-order valence-corrected chi connectivity index (χ4v) is 0.855. The summed E-state index contributed by atoms with van der Waals surface area (Å²) in [6.07, 6.45) is 4.43. The number of rotatable bonds is 1. The van der Waals surface area contributed by atoms with Gasteiger partial charge in [-0.1, -0.05) is 0 Å². The van der Waals surface area contributed by atoms with Crippen LogP contribution in [0.4, 0.5) is 6.01 Å². The summed E-state index contributed by atoms with van der Waals surface area (Å²) in [5.74, 6) is 0. The lowest BCUT2D eigenvalue weighted by Crippen LogP contribution is -1.68. The second kappa shape index (κ2) is 2.56. The molecule has 0 aliphatic heterocycles. The zero-order chi connectivity index (χ0) is 8.39. The Hall–Kier alpha value is -2.00. The van der Waals surface area contributed by atoms with Crippen LogP contribution in [0.2, 0.25) is 0 Å². The number of hydrogen-bond acceptors (Lipinski definition) is 5. The maximum Gasteiger partial charge on any atom is 0.333 e. The van der Waals surface area contributed by atoms with Gasteiger partial charge in [0.05, 0.1) is 6.20 Å². The van der Waals surface area contributed by atoms with E-state index in [0.29, 0.717) is 11.1 Å². The number of fused-ring (bicyclic) bond motifs is 1. The van der Waals surface area contributed by atoms with Crippen LogP contribution in [0.25, 0.3) is 11.1 Å². The minimum Gasteiger partial charge on any atom is -0.420 e.